The highest BCUT2D eigenvalue weighted by Crippen LogP contribution is 2.26. The predicted molar refractivity (Wildman–Crippen MR) is 92.7 cm³/mol. The molecule has 1 fully saturated rings. The Bertz CT molecular complexity index is 700. The Kier molecular flexibility index (Phi) is 7.29. The van der Waals surface area contributed by atoms with E-state index >= 15 is 0 Å². The Morgan fingerprint density at radius 3 is 2.54 bits per heavy atom. The number of sulfonamides is 1. The van der Waals surface area contributed by atoms with Gasteiger partial charge in [-0.3, -0.25) is 4.90 Å². The Balaban J connectivity index is 2.14. The van der Waals surface area contributed by atoms with Crippen LogP contribution in [-0.4, -0.2) is 63.6 Å². The van der Waals surface area contributed by atoms with Gasteiger partial charge in [0, 0.05) is 39.1 Å². The summed E-state index contributed by atoms with van der Waals surface area (Å²) in [5.74, 6) is 0. The van der Waals surface area contributed by atoms with Crippen LogP contribution in [0.25, 0.3) is 0 Å². The molecule has 0 amide bonds. The minimum atomic E-state index is -3.73. The van der Waals surface area contributed by atoms with Crippen LogP contribution in [0.15, 0.2) is 23.1 Å². The van der Waals surface area contributed by atoms with E-state index in [0.717, 1.165) is 13.1 Å². The molecule has 0 radical (unpaired) electrons. The molecule has 1 aromatic rings. The van der Waals surface area contributed by atoms with Crippen molar-refractivity contribution in [2.45, 2.75) is 11.3 Å². The molecule has 0 saturated carbocycles. The summed E-state index contributed by atoms with van der Waals surface area (Å²) in [4.78, 5) is 2.23. The van der Waals surface area contributed by atoms with Gasteiger partial charge in [-0.25, -0.2) is 8.42 Å². The van der Waals surface area contributed by atoms with E-state index in [1.807, 2.05) is 6.07 Å². The van der Waals surface area contributed by atoms with Crippen molar-refractivity contribution in [2.75, 3.05) is 45.9 Å². The second-order valence-corrected chi connectivity index (χ2v) is 8.09. The highest BCUT2D eigenvalue weighted by atomic mass is 35.5. The Hall–Kier alpha value is -0.880. The number of halogens is 2. The van der Waals surface area contributed by atoms with Gasteiger partial charge in [0.25, 0.3) is 0 Å². The number of ether oxygens (including phenoxy) is 1. The zero-order valence-electron chi connectivity index (χ0n) is 13.1. The molecule has 1 heterocycles. The Morgan fingerprint density at radius 1 is 1.21 bits per heavy atom. The zero-order chi connectivity index (χ0) is 17.6. The molecule has 0 aliphatic carbocycles. The van der Waals surface area contributed by atoms with Crippen LogP contribution < -0.4 is 0 Å². The first-order valence-corrected chi connectivity index (χ1v) is 9.77. The first kappa shape index (κ1) is 19.4. The van der Waals surface area contributed by atoms with E-state index in [9.17, 15) is 8.42 Å². The van der Waals surface area contributed by atoms with Gasteiger partial charge in [-0.15, -0.1) is 0 Å². The van der Waals surface area contributed by atoms with E-state index in [2.05, 4.69) is 4.90 Å². The molecule has 0 unspecified atom stereocenters. The van der Waals surface area contributed by atoms with Gasteiger partial charge < -0.3 is 4.74 Å². The van der Waals surface area contributed by atoms with Crippen LogP contribution in [0.1, 0.15) is 6.42 Å². The minimum absolute atomic E-state index is 0.0804. The fourth-order valence-corrected chi connectivity index (χ4v) is 4.21. The molecule has 1 saturated heterocycles. The fraction of sp³-hybridized carbons (Fsp3) is 0.533. The van der Waals surface area contributed by atoms with Crippen LogP contribution in [0.5, 0.6) is 0 Å². The van der Waals surface area contributed by atoms with Gasteiger partial charge in [0.2, 0.25) is 10.0 Å². The number of hydrogen-bond acceptors (Lipinski definition) is 5. The quantitative estimate of drug-likeness (QED) is 0.712. The van der Waals surface area contributed by atoms with Gasteiger partial charge >= 0.3 is 0 Å². The van der Waals surface area contributed by atoms with E-state index in [-0.39, 0.29) is 22.9 Å². The summed E-state index contributed by atoms with van der Waals surface area (Å²) in [6.07, 6.45) is 0.129. The van der Waals surface area contributed by atoms with E-state index in [1.165, 1.54) is 22.5 Å². The first-order valence-electron chi connectivity index (χ1n) is 7.57. The van der Waals surface area contributed by atoms with Crippen molar-refractivity contribution in [1.82, 2.24) is 9.21 Å². The number of hydrogen-bond donors (Lipinski definition) is 0. The van der Waals surface area contributed by atoms with Crippen LogP contribution in [0.3, 0.4) is 0 Å². The van der Waals surface area contributed by atoms with Crippen molar-refractivity contribution in [3.63, 3.8) is 0 Å². The Labute approximate surface area is 152 Å². The number of rotatable bonds is 7. The van der Waals surface area contributed by atoms with Gasteiger partial charge in [-0.05, 0) is 18.2 Å². The fourth-order valence-electron chi connectivity index (χ4n) is 2.39. The van der Waals surface area contributed by atoms with E-state index in [4.69, 9.17) is 33.2 Å². The summed E-state index contributed by atoms with van der Waals surface area (Å²) < 4.78 is 32.3. The van der Waals surface area contributed by atoms with Gasteiger partial charge in [-0.1, -0.05) is 23.2 Å². The van der Waals surface area contributed by atoms with Crippen LogP contribution in [0.2, 0.25) is 10.0 Å². The lowest BCUT2D eigenvalue weighted by Crippen LogP contribution is -2.43. The summed E-state index contributed by atoms with van der Waals surface area (Å²) >= 11 is 11.8. The number of benzene rings is 1. The molecule has 6 nitrogen and oxygen atoms in total. The van der Waals surface area contributed by atoms with Crippen LogP contribution >= 0.6 is 23.2 Å². The third-order valence-electron chi connectivity index (χ3n) is 3.77. The number of nitrogens with zero attached hydrogens (tertiary/aromatic N) is 3. The zero-order valence-corrected chi connectivity index (χ0v) is 15.4. The SMILES string of the molecule is N#CCCN(CCN1CCOCC1)S(=O)(=O)c1ccc(Cl)c(Cl)c1. The minimum Gasteiger partial charge on any atom is -0.379 e. The molecule has 1 aromatic carbocycles. The number of morpholine rings is 1. The van der Waals surface area contributed by atoms with Crippen LogP contribution in [-0.2, 0) is 14.8 Å². The average Bonchev–Trinajstić information content (AvgIpc) is 2.58. The Morgan fingerprint density at radius 2 is 1.92 bits per heavy atom. The molecule has 1 aliphatic heterocycles. The number of nitriles is 1. The molecular weight excluding hydrogens is 373 g/mol. The summed E-state index contributed by atoms with van der Waals surface area (Å²) in [6, 6.07) is 6.22. The topological polar surface area (TPSA) is 73.6 Å². The van der Waals surface area contributed by atoms with Crippen molar-refractivity contribution >= 4 is 33.2 Å². The standard InChI is InChI=1S/C15H19Cl2N3O3S/c16-14-3-2-13(12-15(14)17)24(21,22)20(5-1-4-18)7-6-19-8-10-23-11-9-19/h2-3,12H,1,5-11H2. The van der Waals surface area contributed by atoms with Gasteiger partial charge in [-0.2, -0.15) is 9.57 Å². The first-order chi connectivity index (χ1) is 11.4. The summed E-state index contributed by atoms with van der Waals surface area (Å²) in [7, 11) is -3.73. The average molecular weight is 392 g/mol. The normalized spacial score (nSPS) is 16.2. The van der Waals surface area contributed by atoms with E-state index < -0.39 is 10.0 Å². The van der Waals surface area contributed by atoms with E-state index in [0.29, 0.717) is 31.3 Å². The van der Waals surface area contributed by atoms with Crippen molar-refractivity contribution in [3.8, 4) is 6.07 Å². The molecule has 0 bridgehead atoms. The van der Waals surface area contributed by atoms with Gasteiger partial charge in [0.15, 0.2) is 0 Å². The monoisotopic (exact) mass is 391 g/mol. The van der Waals surface area contributed by atoms with Gasteiger partial charge in [0.05, 0.1) is 34.2 Å². The van der Waals surface area contributed by atoms with Gasteiger partial charge in [0.1, 0.15) is 0 Å². The maximum absolute atomic E-state index is 12.8. The summed E-state index contributed by atoms with van der Waals surface area (Å²) in [6.45, 7) is 3.90. The third kappa shape index (κ3) is 5.06. The lowest BCUT2D eigenvalue weighted by atomic mass is 10.4. The van der Waals surface area contributed by atoms with Crippen molar-refractivity contribution in [3.05, 3.63) is 28.2 Å². The van der Waals surface area contributed by atoms with Crippen molar-refractivity contribution < 1.29 is 13.2 Å². The third-order valence-corrected chi connectivity index (χ3v) is 6.40. The molecular formula is C15H19Cl2N3O3S. The smallest absolute Gasteiger partial charge is 0.243 e. The van der Waals surface area contributed by atoms with Crippen molar-refractivity contribution in [1.29, 1.82) is 5.26 Å². The highest BCUT2D eigenvalue weighted by Gasteiger charge is 2.25. The van der Waals surface area contributed by atoms with Crippen LogP contribution in [0.4, 0.5) is 0 Å². The van der Waals surface area contributed by atoms with Crippen LogP contribution in [0, 0.1) is 11.3 Å². The molecule has 9 heteroatoms. The second kappa shape index (κ2) is 8.99. The summed E-state index contributed by atoms with van der Waals surface area (Å²) in [5.41, 5.74) is 0. The molecule has 1 aliphatic rings. The lowest BCUT2D eigenvalue weighted by molar-refractivity contribution is 0.0363. The highest BCUT2D eigenvalue weighted by molar-refractivity contribution is 7.89. The van der Waals surface area contributed by atoms with Crippen molar-refractivity contribution in [2.24, 2.45) is 0 Å². The molecule has 24 heavy (non-hydrogen) atoms. The second-order valence-electron chi connectivity index (χ2n) is 5.34. The molecule has 0 N–H and O–H groups in total. The molecule has 0 aromatic heterocycles. The van der Waals surface area contributed by atoms with E-state index in [1.54, 1.807) is 0 Å². The maximum atomic E-state index is 12.8. The molecule has 0 spiro atoms. The maximum Gasteiger partial charge on any atom is 0.243 e. The summed E-state index contributed by atoms with van der Waals surface area (Å²) in [5, 5.41) is 9.30. The molecule has 0 atom stereocenters. The lowest BCUT2D eigenvalue weighted by Gasteiger charge is -2.29. The largest absolute Gasteiger partial charge is 0.379 e. The predicted octanol–water partition coefficient (Wildman–Crippen LogP) is 2.23. The molecule has 2 rings (SSSR count). The molecule has 132 valence electrons.